The van der Waals surface area contributed by atoms with Gasteiger partial charge in [0.15, 0.2) is 0 Å². The quantitative estimate of drug-likeness (QED) is 0.174. The van der Waals surface area contributed by atoms with Gasteiger partial charge in [0, 0.05) is 36.8 Å². The fourth-order valence-corrected chi connectivity index (χ4v) is 5.10. The van der Waals surface area contributed by atoms with Crippen LogP contribution >= 0.6 is 0 Å². The maximum absolute atomic E-state index is 13.3. The molecule has 0 spiro atoms. The van der Waals surface area contributed by atoms with Crippen LogP contribution in [-0.4, -0.2) is 39.8 Å². The highest BCUT2D eigenvalue weighted by Gasteiger charge is 2.30. The first-order valence-electron chi connectivity index (χ1n) is 14.6. The molecule has 1 atom stereocenters. The Labute approximate surface area is 259 Å². The number of benzene rings is 3. The number of halogens is 3. The van der Waals surface area contributed by atoms with Gasteiger partial charge in [0.1, 0.15) is 11.9 Å². The predicted octanol–water partition coefficient (Wildman–Crippen LogP) is 7.27. The molecule has 7 nitrogen and oxygen atoms in total. The number of anilines is 1. The zero-order chi connectivity index (χ0) is 32.0. The predicted molar refractivity (Wildman–Crippen MR) is 168 cm³/mol. The van der Waals surface area contributed by atoms with Crippen molar-refractivity contribution in [3.8, 4) is 11.3 Å². The van der Waals surface area contributed by atoms with Gasteiger partial charge < -0.3 is 10.2 Å². The number of carbonyl (C=O) groups is 2. The van der Waals surface area contributed by atoms with Gasteiger partial charge in [-0.2, -0.15) is 13.2 Å². The van der Waals surface area contributed by atoms with Crippen LogP contribution in [0.1, 0.15) is 46.9 Å². The SMILES string of the molecule is CCN(CC)C(=O)C(NCc1ccc2nc(NC(=O)c3cccnc3-c3ccc(C(F)(F)F)cc3)ccc2c1)c1ccccc1. The lowest BCUT2D eigenvalue weighted by molar-refractivity contribution is -0.137. The molecule has 5 rings (SSSR count). The van der Waals surface area contributed by atoms with Gasteiger partial charge in [-0.3, -0.25) is 19.9 Å². The highest BCUT2D eigenvalue weighted by atomic mass is 19.4. The summed E-state index contributed by atoms with van der Waals surface area (Å²) in [5.41, 5.74) is 2.58. The number of alkyl halides is 3. The summed E-state index contributed by atoms with van der Waals surface area (Å²) < 4.78 is 39.0. The van der Waals surface area contributed by atoms with E-state index in [1.165, 1.54) is 18.3 Å². The first-order chi connectivity index (χ1) is 21.7. The number of hydrogen-bond donors (Lipinski definition) is 2. The van der Waals surface area contributed by atoms with Gasteiger partial charge in [-0.05, 0) is 73.5 Å². The van der Waals surface area contributed by atoms with Crippen LogP contribution in [0.3, 0.4) is 0 Å². The Bertz CT molecular complexity index is 1790. The normalized spacial score (nSPS) is 12.1. The van der Waals surface area contributed by atoms with Crippen LogP contribution in [0, 0.1) is 0 Å². The zero-order valence-corrected chi connectivity index (χ0v) is 24.8. The molecule has 2 N–H and O–H groups in total. The summed E-state index contributed by atoms with van der Waals surface area (Å²) >= 11 is 0. The molecule has 1 unspecified atom stereocenters. The summed E-state index contributed by atoms with van der Waals surface area (Å²) in [7, 11) is 0. The van der Waals surface area contributed by atoms with Crippen LogP contribution in [0.5, 0.6) is 0 Å². The van der Waals surface area contributed by atoms with Crippen molar-refractivity contribution < 1.29 is 22.8 Å². The lowest BCUT2D eigenvalue weighted by Crippen LogP contribution is -2.40. The van der Waals surface area contributed by atoms with E-state index in [1.807, 2.05) is 73.3 Å². The molecule has 10 heteroatoms. The molecule has 0 aliphatic carbocycles. The number of aromatic nitrogens is 2. The second-order valence-electron chi connectivity index (χ2n) is 10.4. The minimum atomic E-state index is -4.46. The fourth-order valence-electron chi connectivity index (χ4n) is 5.10. The number of nitrogens with zero attached hydrogens (tertiary/aromatic N) is 3. The number of carbonyl (C=O) groups excluding carboxylic acids is 2. The van der Waals surface area contributed by atoms with Gasteiger partial charge in [-0.1, -0.05) is 48.5 Å². The molecule has 0 radical (unpaired) electrons. The Morgan fingerprint density at radius 2 is 1.60 bits per heavy atom. The van der Waals surface area contributed by atoms with Crippen molar-refractivity contribution in [2.75, 3.05) is 18.4 Å². The lowest BCUT2D eigenvalue weighted by Gasteiger charge is -2.26. The van der Waals surface area contributed by atoms with Crippen LogP contribution in [0.25, 0.3) is 22.2 Å². The second-order valence-corrected chi connectivity index (χ2v) is 10.4. The highest BCUT2D eigenvalue weighted by Crippen LogP contribution is 2.31. The number of rotatable bonds is 10. The molecule has 0 saturated carbocycles. The van der Waals surface area contributed by atoms with Crippen LogP contribution in [0.4, 0.5) is 19.0 Å². The number of amides is 2. The van der Waals surface area contributed by atoms with Crippen molar-refractivity contribution >= 4 is 28.5 Å². The molecule has 3 aromatic carbocycles. The standard InChI is InChI=1S/C35H32F3N5O2/c1-3-43(4-2)34(45)32(24-9-6-5-7-10-24)40-22-23-12-18-29-26(21-23)15-19-30(41-29)42-33(44)28-11-8-20-39-31(28)25-13-16-27(17-14-25)35(36,37)38/h5-21,32,40H,3-4,22H2,1-2H3,(H,41,42,44). The minimum absolute atomic E-state index is 0.0177. The fraction of sp³-hybridized carbons (Fsp3) is 0.200. The van der Waals surface area contributed by atoms with E-state index in [1.54, 1.807) is 18.2 Å². The van der Waals surface area contributed by atoms with E-state index < -0.39 is 23.7 Å². The Morgan fingerprint density at radius 1 is 0.867 bits per heavy atom. The molecule has 2 heterocycles. The molecule has 230 valence electrons. The molecule has 2 aromatic heterocycles. The number of hydrogen-bond acceptors (Lipinski definition) is 5. The third-order valence-electron chi connectivity index (χ3n) is 7.50. The summed E-state index contributed by atoms with van der Waals surface area (Å²) in [6.45, 7) is 5.63. The summed E-state index contributed by atoms with van der Waals surface area (Å²) in [5.74, 6) is -0.158. The third kappa shape index (κ3) is 7.35. The summed E-state index contributed by atoms with van der Waals surface area (Å²) in [4.78, 5) is 37.2. The van der Waals surface area contributed by atoms with E-state index >= 15 is 0 Å². The monoisotopic (exact) mass is 611 g/mol. The molecular formula is C35H32F3N5O2. The van der Waals surface area contributed by atoms with Crippen LogP contribution < -0.4 is 10.6 Å². The maximum atomic E-state index is 13.3. The van der Waals surface area contributed by atoms with Crippen molar-refractivity contribution in [2.45, 2.75) is 32.6 Å². The van der Waals surface area contributed by atoms with Gasteiger partial charge in [-0.15, -0.1) is 0 Å². The van der Waals surface area contributed by atoms with Gasteiger partial charge in [-0.25, -0.2) is 4.98 Å². The second kappa shape index (κ2) is 13.7. The van der Waals surface area contributed by atoms with E-state index in [9.17, 15) is 22.8 Å². The Balaban J connectivity index is 1.31. The van der Waals surface area contributed by atoms with Crippen molar-refractivity contribution in [1.82, 2.24) is 20.2 Å². The largest absolute Gasteiger partial charge is 0.416 e. The lowest BCUT2D eigenvalue weighted by atomic mass is 10.0. The topological polar surface area (TPSA) is 87.2 Å². The summed E-state index contributed by atoms with van der Waals surface area (Å²) in [6.07, 6.45) is -2.98. The number of pyridine rings is 2. The van der Waals surface area contributed by atoms with E-state index in [2.05, 4.69) is 20.6 Å². The number of likely N-dealkylation sites (N-methyl/N-ethyl adjacent to an activating group) is 1. The van der Waals surface area contributed by atoms with Crippen LogP contribution in [0.15, 0.2) is 103 Å². The highest BCUT2D eigenvalue weighted by molar-refractivity contribution is 6.08. The smallest absolute Gasteiger partial charge is 0.342 e. The van der Waals surface area contributed by atoms with Gasteiger partial charge in [0.05, 0.1) is 22.3 Å². The molecule has 2 amide bonds. The molecule has 0 bridgehead atoms. The molecular weight excluding hydrogens is 579 g/mol. The van der Waals surface area contributed by atoms with E-state index in [-0.39, 0.29) is 17.2 Å². The average Bonchev–Trinajstić information content (AvgIpc) is 3.05. The maximum Gasteiger partial charge on any atom is 0.416 e. The van der Waals surface area contributed by atoms with Crippen molar-refractivity contribution in [1.29, 1.82) is 0 Å². The molecule has 0 aliphatic rings. The van der Waals surface area contributed by atoms with Gasteiger partial charge in [0.25, 0.3) is 5.91 Å². The van der Waals surface area contributed by atoms with E-state index in [0.29, 0.717) is 36.5 Å². The average molecular weight is 612 g/mol. The molecule has 0 aliphatic heterocycles. The Kier molecular flexibility index (Phi) is 9.53. The van der Waals surface area contributed by atoms with Gasteiger partial charge >= 0.3 is 6.18 Å². The van der Waals surface area contributed by atoms with Crippen LogP contribution in [-0.2, 0) is 17.5 Å². The summed E-state index contributed by atoms with van der Waals surface area (Å²) in [5, 5.41) is 7.05. The minimum Gasteiger partial charge on any atom is -0.342 e. The van der Waals surface area contributed by atoms with Crippen LogP contribution in [0.2, 0.25) is 0 Å². The zero-order valence-electron chi connectivity index (χ0n) is 24.8. The molecule has 0 fully saturated rings. The number of nitrogens with one attached hydrogen (secondary N) is 2. The van der Waals surface area contributed by atoms with E-state index in [0.717, 1.165) is 28.6 Å². The van der Waals surface area contributed by atoms with E-state index in [4.69, 9.17) is 0 Å². The molecule has 0 saturated heterocycles. The number of fused-ring (bicyclic) bond motifs is 1. The summed E-state index contributed by atoms with van der Waals surface area (Å²) in [6, 6.07) is 26.1. The van der Waals surface area contributed by atoms with Crippen molar-refractivity contribution in [2.24, 2.45) is 0 Å². The first-order valence-corrected chi connectivity index (χ1v) is 14.6. The Hall–Kier alpha value is -5.09. The Morgan fingerprint density at radius 3 is 2.29 bits per heavy atom. The molecule has 5 aromatic rings. The van der Waals surface area contributed by atoms with Crippen molar-refractivity contribution in [3.63, 3.8) is 0 Å². The van der Waals surface area contributed by atoms with Crippen molar-refractivity contribution in [3.05, 3.63) is 126 Å². The van der Waals surface area contributed by atoms with Gasteiger partial charge in [0.2, 0.25) is 5.91 Å². The first kappa shape index (κ1) is 31.3. The third-order valence-corrected chi connectivity index (χ3v) is 7.50. The molecule has 45 heavy (non-hydrogen) atoms.